The molecule has 0 nitrogen and oxygen atoms in total. The van der Waals surface area contributed by atoms with E-state index in [4.69, 9.17) is 0 Å². The van der Waals surface area contributed by atoms with Crippen molar-refractivity contribution in [1.82, 2.24) is 0 Å². The third-order valence-corrected chi connectivity index (χ3v) is 3.15. The van der Waals surface area contributed by atoms with Crippen LogP contribution in [0, 0.1) is 0 Å². The molecule has 1 aromatic heterocycles. The first-order valence-electron chi connectivity index (χ1n) is 3.06. The van der Waals surface area contributed by atoms with Crippen LogP contribution in [0.25, 0.3) is 0 Å². The summed E-state index contributed by atoms with van der Waals surface area (Å²) in [7, 11) is 0. The van der Waals surface area contributed by atoms with Crippen molar-refractivity contribution in [1.29, 1.82) is 0 Å². The fourth-order valence-corrected chi connectivity index (χ4v) is 2.39. The summed E-state index contributed by atoms with van der Waals surface area (Å²) < 4.78 is 1.27. The van der Waals surface area contributed by atoms with E-state index < -0.39 is 0 Å². The second-order valence-corrected chi connectivity index (χ2v) is 3.80. The van der Waals surface area contributed by atoms with Crippen LogP contribution >= 0.6 is 27.3 Å². The Hall–Kier alpha value is 0.180. The summed E-state index contributed by atoms with van der Waals surface area (Å²) in [5.74, 6) is 0. The standard InChI is InChI=1S/C7H9BrS/c1-2-3-7-6(8)4-5-9-7/h4-5H,2-3H2,1H3. The highest BCUT2D eigenvalue weighted by Crippen LogP contribution is 2.23. The fraction of sp³-hybridized carbons (Fsp3) is 0.429. The van der Waals surface area contributed by atoms with Gasteiger partial charge in [0, 0.05) is 9.35 Å². The molecule has 0 aliphatic carbocycles. The van der Waals surface area contributed by atoms with E-state index in [1.165, 1.54) is 22.2 Å². The van der Waals surface area contributed by atoms with Crippen LogP contribution in [0.2, 0.25) is 0 Å². The van der Waals surface area contributed by atoms with E-state index in [1.54, 1.807) is 0 Å². The summed E-state index contributed by atoms with van der Waals surface area (Å²) in [4.78, 5) is 1.47. The number of hydrogen-bond donors (Lipinski definition) is 0. The van der Waals surface area contributed by atoms with Crippen molar-refractivity contribution in [3.63, 3.8) is 0 Å². The first-order valence-corrected chi connectivity index (χ1v) is 4.73. The summed E-state index contributed by atoms with van der Waals surface area (Å²) in [6, 6.07) is 2.11. The van der Waals surface area contributed by atoms with E-state index in [0.29, 0.717) is 0 Å². The SMILES string of the molecule is CCCc1sccc1Br. The molecule has 0 amide bonds. The van der Waals surface area contributed by atoms with Crippen LogP contribution in [0.5, 0.6) is 0 Å². The maximum Gasteiger partial charge on any atom is 0.0314 e. The fourth-order valence-electron chi connectivity index (χ4n) is 0.731. The third kappa shape index (κ3) is 1.80. The molecule has 0 unspecified atom stereocenters. The highest BCUT2D eigenvalue weighted by Gasteiger charge is 1.97. The molecule has 9 heavy (non-hydrogen) atoms. The molecule has 0 aromatic carbocycles. The Labute approximate surface area is 68.0 Å². The van der Waals surface area contributed by atoms with Crippen molar-refractivity contribution in [3.8, 4) is 0 Å². The van der Waals surface area contributed by atoms with Crippen molar-refractivity contribution in [2.24, 2.45) is 0 Å². The van der Waals surface area contributed by atoms with E-state index in [9.17, 15) is 0 Å². The zero-order valence-corrected chi connectivity index (χ0v) is 7.76. The van der Waals surface area contributed by atoms with Gasteiger partial charge in [-0.1, -0.05) is 13.3 Å². The van der Waals surface area contributed by atoms with Gasteiger partial charge in [0.25, 0.3) is 0 Å². The molecule has 0 N–H and O–H groups in total. The molecule has 0 spiro atoms. The van der Waals surface area contributed by atoms with Crippen LogP contribution in [0.1, 0.15) is 18.2 Å². The van der Waals surface area contributed by atoms with Gasteiger partial charge in [0.1, 0.15) is 0 Å². The predicted octanol–water partition coefficient (Wildman–Crippen LogP) is 3.46. The Morgan fingerprint density at radius 2 is 2.44 bits per heavy atom. The molecule has 0 radical (unpaired) electrons. The zero-order valence-electron chi connectivity index (χ0n) is 5.36. The highest BCUT2D eigenvalue weighted by atomic mass is 79.9. The molecule has 0 fully saturated rings. The Morgan fingerprint density at radius 3 is 2.89 bits per heavy atom. The molecule has 2 heteroatoms. The van der Waals surface area contributed by atoms with E-state index >= 15 is 0 Å². The molecule has 0 saturated heterocycles. The van der Waals surface area contributed by atoms with Crippen molar-refractivity contribution in [2.45, 2.75) is 19.8 Å². The quantitative estimate of drug-likeness (QED) is 0.693. The van der Waals surface area contributed by atoms with E-state index in [0.717, 1.165) is 0 Å². The summed E-state index contributed by atoms with van der Waals surface area (Å²) in [5, 5.41) is 2.12. The van der Waals surface area contributed by atoms with Gasteiger partial charge in [-0.05, 0) is 33.8 Å². The number of hydrogen-bond acceptors (Lipinski definition) is 1. The molecular formula is C7H9BrS. The highest BCUT2D eigenvalue weighted by molar-refractivity contribution is 9.10. The minimum Gasteiger partial charge on any atom is -0.148 e. The monoisotopic (exact) mass is 204 g/mol. The summed E-state index contributed by atoms with van der Waals surface area (Å²) in [6.45, 7) is 2.20. The average Bonchev–Trinajstić information content (AvgIpc) is 2.18. The second-order valence-electron chi connectivity index (χ2n) is 1.94. The van der Waals surface area contributed by atoms with Crippen molar-refractivity contribution >= 4 is 27.3 Å². The first kappa shape index (κ1) is 7.29. The maximum absolute atomic E-state index is 3.48. The lowest BCUT2D eigenvalue weighted by Gasteiger charge is -1.90. The predicted molar refractivity (Wildman–Crippen MR) is 46.0 cm³/mol. The Morgan fingerprint density at radius 1 is 1.67 bits per heavy atom. The van der Waals surface area contributed by atoms with Crippen molar-refractivity contribution < 1.29 is 0 Å². The third-order valence-electron chi connectivity index (χ3n) is 1.17. The topological polar surface area (TPSA) is 0 Å². The number of halogens is 1. The normalized spacial score (nSPS) is 10.0. The molecule has 1 aromatic rings. The number of aryl methyl sites for hydroxylation is 1. The van der Waals surface area contributed by atoms with Crippen LogP contribution in [-0.2, 0) is 6.42 Å². The molecule has 0 bridgehead atoms. The van der Waals surface area contributed by atoms with Crippen LogP contribution in [0.3, 0.4) is 0 Å². The summed E-state index contributed by atoms with van der Waals surface area (Å²) in [5.41, 5.74) is 0. The van der Waals surface area contributed by atoms with Gasteiger partial charge in [-0.3, -0.25) is 0 Å². The number of rotatable bonds is 2. The molecule has 50 valence electrons. The van der Waals surface area contributed by atoms with E-state index in [-0.39, 0.29) is 0 Å². The molecule has 0 saturated carbocycles. The maximum atomic E-state index is 3.48. The van der Waals surface area contributed by atoms with Crippen molar-refractivity contribution in [2.75, 3.05) is 0 Å². The van der Waals surface area contributed by atoms with Gasteiger partial charge < -0.3 is 0 Å². The summed E-state index contributed by atoms with van der Waals surface area (Å²) in [6.07, 6.45) is 2.44. The molecule has 0 aliphatic rings. The summed E-state index contributed by atoms with van der Waals surface area (Å²) >= 11 is 5.30. The first-order chi connectivity index (χ1) is 4.34. The molecular weight excluding hydrogens is 196 g/mol. The smallest absolute Gasteiger partial charge is 0.0314 e. The van der Waals surface area contributed by atoms with Gasteiger partial charge in [-0.2, -0.15) is 0 Å². The van der Waals surface area contributed by atoms with Crippen LogP contribution < -0.4 is 0 Å². The largest absolute Gasteiger partial charge is 0.148 e. The Kier molecular flexibility index (Phi) is 2.73. The lowest BCUT2D eigenvalue weighted by Crippen LogP contribution is -1.74. The lowest BCUT2D eigenvalue weighted by molar-refractivity contribution is 0.936. The van der Waals surface area contributed by atoms with Gasteiger partial charge in [-0.15, -0.1) is 11.3 Å². The molecule has 1 heterocycles. The minimum atomic E-state index is 1.21. The van der Waals surface area contributed by atoms with Gasteiger partial charge in [0.05, 0.1) is 0 Å². The average molecular weight is 205 g/mol. The van der Waals surface area contributed by atoms with Gasteiger partial charge in [0.15, 0.2) is 0 Å². The molecule has 0 atom stereocenters. The van der Waals surface area contributed by atoms with E-state index in [2.05, 4.69) is 34.3 Å². The molecule has 1 rings (SSSR count). The van der Waals surface area contributed by atoms with Crippen LogP contribution in [0.15, 0.2) is 15.9 Å². The molecule has 0 aliphatic heterocycles. The van der Waals surface area contributed by atoms with Gasteiger partial charge in [0.2, 0.25) is 0 Å². The van der Waals surface area contributed by atoms with Gasteiger partial charge >= 0.3 is 0 Å². The number of thiophene rings is 1. The lowest BCUT2D eigenvalue weighted by atomic mass is 10.3. The van der Waals surface area contributed by atoms with Gasteiger partial charge in [-0.25, -0.2) is 0 Å². The zero-order chi connectivity index (χ0) is 6.69. The Balaban J connectivity index is 2.69. The van der Waals surface area contributed by atoms with E-state index in [1.807, 2.05) is 11.3 Å². The Bertz CT molecular complexity index is 181. The van der Waals surface area contributed by atoms with Crippen molar-refractivity contribution in [3.05, 3.63) is 20.8 Å². The van der Waals surface area contributed by atoms with Crippen LogP contribution in [-0.4, -0.2) is 0 Å². The minimum absolute atomic E-state index is 1.21. The second kappa shape index (κ2) is 3.37. The van der Waals surface area contributed by atoms with Crippen LogP contribution in [0.4, 0.5) is 0 Å².